The number of carbonyl (C=O) groups excluding carboxylic acids is 1. The van der Waals surface area contributed by atoms with Crippen LogP contribution >= 0.6 is 0 Å². The molecule has 2 aromatic rings. The Morgan fingerprint density at radius 3 is 2.61 bits per heavy atom. The quantitative estimate of drug-likeness (QED) is 0.654. The van der Waals surface area contributed by atoms with E-state index < -0.39 is 24.1 Å². The molecule has 0 spiro atoms. The van der Waals surface area contributed by atoms with Crippen LogP contribution < -0.4 is 10.1 Å². The Balaban J connectivity index is 1.91. The average Bonchev–Trinajstić information content (AvgIpc) is 2.74. The lowest BCUT2D eigenvalue weighted by Crippen LogP contribution is -2.59. The van der Waals surface area contributed by atoms with Crippen LogP contribution in [0.25, 0.3) is 11.1 Å². The van der Waals surface area contributed by atoms with E-state index in [1.54, 1.807) is 31.3 Å². The smallest absolute Gasteiger partial charge is 0.229 e. The zero-order chi connectivity index (χ0) is 22.8. The molecule has 0 aliphatic carbocycles. The number of halogens is 1. The fourth-order valence-corrected chi connectivity index (χ4v) is 3.72. The van der Waals surface area contributed by atoms with E-state index in [1.807, 2.05) is 26.8 Å². The van der Waals surface area contributed by atoms with Crippen LogP contribution in [0.3, 0.4) is 0 Å². The molecule has 0 bridgehead atoms. The maximum Gasteiger partial charge on any atom is 0.229 e. The van der Waals surface area contributed by atoms with Crippen LogP contribution in [0.2, 0.25) is 0 Å². The monoisotopic (exact) mass is 431 g/mol. The van der Waals surface area contributed by atoms with Crippen LogP contribution in [0.1, 0.15) is 32.8 Å². The van der Waals surface area contributed by atoms with E-state index in [0.717, 1.165) is 11.1 Å². The first kappa shape index (κ1) is 23.2. The predicted molar refractivity (Wildman–Crippen MR) is 115 cm³/mol. The fourth-order valence-electron chi connectivity index (χ4n) is 3.72. The number of carbonyl (C=O) groups is 1. The minimum Gasteiger partial charge on any atom is -0.462 e. The number of nitrogens with one attached hydrogen (secondary N) is 1. The topological polar surface area (TPSA) is 88.0 Å². The Kier molecular flexibility index (Phi) is 6.99. The largest absolute Gasteiger partial charge is 0.462 e. The highest BCUT2D eigenvalue weighted by molar-refractivity contribution is 5.77. The van der Waals surface area contributed by atoms with Crippen LogP contribution in [-0.4, -0.2) is 47.3 Å². The lowest BCUT2D eigenvalue weighted by molar-refractivity contribution is -0.284. The molecule has 0 aromatic heterocycles. The summed E-state index contributed by atoms with van der Waals surface area (Å²) < 4.78 is 25.7. The molecule has 1 saturated heterocycles. The van der Waals surface area contributed by atoms with Gasteiger partial charge in [-0.15, -0.1) is 0 Å². The number of amides is 1. The fraction of sp³-hybridized carbons (Fsp3) is 0.458. The van der Waals surface area contributed by atoms with Crippen LogP contribution in [0.15, 0.2) is 42.5 Å². The van der Waals surface area contributed by atoms with Crippen molar-refractivity contribution in [2.45, 2.75) is 57.7 Å². The van der Waals surface area contributed by atoms with Gasteiger partial charge in [-0.3, -0.25) is 4.79 Å². The van der Waals surface area contributed by atoms with Gasteiger partial charge in [0.25, 0.3) is 0 Å². The van der Waals surface area contributed by atoms with Crippen molar-refractivity contribution in [1.82, 2.24) is 5.32 Å². The van der Waals surface area contributed by atoms with Gasteiger partial charge >= 0.3 is 0 Å². The summed E-state index contributed by atoms with van der Waals surface area (Å²) in [5.41, 5.74) is 1.54. The lowest BCUT2D eigenvalue weighted by Gasteiger charge is -2.46. The van der Waals surface area contributed by atoms with Gasteiger partial charge in [-0.2, -0.15) is 0 Å². The van der Waals surface area contributed by atoms with Crippen LogP contribution in [0.5, 0.6) is 5.75 Å². The Morgan fingerprint density at radius 2 is 1.94 bits per heavy atom. The van der Waals surface area contributed by atoms with E-state index >= 15 is 0 Å². The molecule has 1 aliphatic rings. The maximum atomic E-state index is 13.9. The van der Waals surface area contributed by atoms with Crippen molar-refractivity contribution in [1.29, 1.82) is 0 Å². The number of aryl methyl sites for hydroxylation is 1. The number of rotatable bonds is 6. The van der Waals surface area contributed by atoms with Gasteiger partial charge in [-0.1, -0.05) is 25.1 Å². The Bertz CT molecular complexity index is 932. The third-order valence-electron chi connectivity index (χ3n) is 6.03. The normalized spacial score (nSPS) is 25.1. The van der Waals surface area contributed by atoms with E-state index in [9.17, 15) is 19.4 Å². The molecule has 0 unspecified atom stereocenters. The van der Waals surface area contributed by atoms with Crippen molar-refractivity contribution >= 4 is 5.91 Å². The van der Waals surface area contributed by atoms with Gasteiger partial charge in [0.2, 0.25) is 12.2 Å². The van der Waals surface area contributed by atoms with Crippen LogP contribution in [-0.2, 0) is 16.0 Å². The second kappa shape index (κ2) is 9.34. The Morgan fingerprint density at radius 1 is 1.19 bits per heavy atom. The van der Waals surface area contributed by atoms with Gasteiger partial charge in [0.05, 0.1) is 11.7 Å². The summed E-state index contributed by atoms with van der Waals surface area (Å²) in [5.74, 6) is -0.331. The molecule has 3 rings (SSSR count). The molecule has 1 heterocycles. The first-order chi connectivity index (χ1) is 14.6. The average molecular weight is 432 g/mol. The van der Waals surface area contributed by atoms with Gasteiger partial charge in [0.1, 0.15) is 17.7 Å². The zero-order valence-electron chi connectivity index (χ0n) is 18.3. The molecule has 168 valence electrons. The molecule has 3 N–H and O–H groups in total. The van der Waals surface area contributed by atoms with Crippen LogP contribution in [0, 0.1) is 11.7 Å². The highest BCUT2D eigenvalue weighted by atomic mass is 19.1. The summed E-state index contributed by atoms with van der Waals surface area (Å²) in [7, 11) is 1.58. The molecule has 1 aliphatic heterocycles. The van der Waals surface area contributed by atoms with Crippen molar-refractivity contribution in [2.24, 2.45) is 5.92 Å². The summed E-state index contributed by atoms with van der Waals surface area (Å²) in [6, 6.07) is 11.5. The zero-order valence-corrected chi connectivity index (χ0v) is 18.3. The summed E-state index contributed by atoms with van der Waals surface area (Å²) in [6.07, 6.45) is -2.51. The van der Waals surface area contributed by atoms with Crippen LogP contribution in [0.4, 0.5) is 4.39 Å². The van der Waals surface area contributed by atoms with E-state index in [0.29, 0.717) is 24.2 Å². The first-order valence-corrected chi connectivity index (χ1v) is 10.4. The molecule has 1 amide bonds. The van der Waals surface area contributed by atoms with Gasteiger partial charge in [-0.25, -0.2) is 4.39 Å². The van der Waals surface area contributed by atoms with Gasteiger partial charge < -0.3 is 25.0 Å². The molecule has 0 radical (unpaired) electrons. The third kappa shape index (κ3) is 5.23. The second-order valence-corrected chi connectivity index (χ2v) is 8.48. The van der Waals surface area contributed by atoms with Crippen molar-refractivity contribution in [3.8, 4) is 16.9 Å². The maximum absolute atomic E-state index is 13.9. The van der Waals surface area contributed by atoms with Gasteiger partial charge in [0.15, 0.2) is 0 Å². The number of aliphatic hydroxyl groups is 2. The van der Waals surface area contributed by atoms with Crippen molar-refractivity contribution in [3.63, 3.8) is 0 Å². The summed E-state index contributed by atoms with van der Waals surface area (Å²) in [6.45, 7) is 5.49. The van der Waals surface area contributed by atoms with E-state index in [4.69, 9.17) is 9.47 Å². The number of benzene rings is 2. The molecule has 4 atom stereocenters. The Labute approximate surface area is 182 Å². The highest BCUT2D eigenvalue weighted by Crippen LogP contribution is 2.36. The molecular weight excluding hydrogens is 401 g/mol. The lowest BCUT2D eigenvalue weighted by atomic mass is 9.82. The number of aliphatic hydroxyl groups excluding tert-OH is 2. The molecule has 0 saturated carbocycles. The molecular formula is C24H30FNO5. The van der Waals surface area contributed by atoms with E-state index in [-0.39, 0.29) is 17.6 Å². The van der Waals surface area contributed by atoms with Gasteiger partial charge in [0, 0.05) is 19.4 Å². The first-order valence-electron chi connectivity index (χ1n) is 10.4. The van der Waals surface area contributed by atoms with Crippen molar-refractivity contribution in [3.05, 3.63) is 53.8 Å². The predicted octanol–water partition coefficient (Wildman–Crippen LogP) is 3.04. The SMILES string of the molecule is CNC(=O)CCc1ccc(O[C@@H]2OC(C)(C)[C@H](C)[C@@H](O)[C@H]2O)cc1-c1cccc(F)c1. The standard InChI is InChI=1S/C24H30FNO5/c1-14-21(28)22(29)23(31-24(14,2)3)30-18-10-8-15(9-11-20(27)26-4)19(13-18)16-6-5-7-17(25)12-16/h5-8,10,12-14,21-23,28-29H,9,11H2,1-4H3,(H,26,27)/t14-,21-,22-,23-/m1/s1. The number of hydrogen-bond acceptors (Lipinski definition) is 5. The summed E-state index contributed by atoms with van der Waals surface area (Å²) >= 11 is 0. The highest BCUT2D eigenvalue weighted by Gasteiger charge is 2.47. The summed E-state index contributed by atoms with van der Waals surface area (Å²) in [5, 5.41) is 23.4. The minimum atomic E-state index is -1.21. The van der Waals surface area contributed by atoms with Crippen molar-refractivity contribution < 1.29 is 28.9 Å². The molecule has 2 aromatic carbocycles. The second-order valence-electron chi connectivity index (χ2n) is 8.48. The molecule has 6 nitrogen and oxygen atoms in total. The van der Waals surface area contributed by atoms with Crippen molar-refractivity contribution in [2.75, 3.05) is 7.05 Å². The van der Waals surface area contributed by atoms with Gasteiger partial charge in [-0.05, 0) is 61.2 Å². The minimum absolute atomic E-state index is 0.0883. The van der Waals surface area contributed by atoms with E-state index in [2.05, 4.69) is 5.32 Å². The molecule has 31 heavy (non-hydrogen) atoms. The van der Waals surface area contributed by atoms with E-state index in [1.165, 1.54) is 12.1 Å². The number of hydrogen-bond donors (Lipinski definition) is 3. The number of ether oxygens (including phenoxy) is 2. The third-order valence-corrected chi connectivity index (χ3v) is 6.03. The molecule has 1 fully saturated rings. The molecule has 7 heteroatoms. The Hall–Kier alpha value is -2.48. The summed E-state index contributed by atoms with van der Waals surface area (Å²) in [4.78, 5) is 11.7.